The number of allylic oxidation sites excluding steroid dienone is 2. The van der Waals surface area contributed by atoms with Gasteiger partial charge in [0.25, 0.3) is 0 Å². The third kappa shape index (κ3) is 3.18. The van der Waals surface area contributed by atoms with Crippen LogP contribution in [0, 0.1) is 34.5 Å². The molecule has 0 radical (unpaired) electrons. The van der Waals surface area contributed by atoms with Crippen LogP contribution in [0.3, 0.4) is 0 Å². The third-order valence-electron chi connectivity index (χ3n) is 8.92. The van der Waals surface area contributed by atoms with Crippen molar-refractivity contribution in [2.75, 3.05) is 0 Å². The molecule has 3 fully saturated rings. The minimum Gasteiger partial charge on any atom is -0.417 e. The highest BCUT2D eigenvalue weighted by Crippen LogP contribution is 2.66. The average Bonchev–Trinajstić information content (AvgIpc) is 3.03. The van der Waals surface area contributed by atoms with Gasteiger partial charge in [-0.15, -0.1) is 0 Å². The predicted octanol–water partition coefficient (Wildman–Crippen LogP) is 5.37. The summed E-state index contributed by atoms with van der Waals surface area (Å²) < 4.78 is 31.4. The van der Waals surface area contributed by atoms with Crippen molar-refractivity contribution >= 4 is 17.5 Å². The van der Waals surface area contributed by atoms with Crippen molar-refractivity contribution in [1.29, 1.82) is 0 Å². The fourth-order valence-corrected chi connectivity index (χ4v) is 7.47. The van der Waals surface area contributed by atoms with Gasteiger partial charge in [-0.1, -0.05) is 19.4 Å². The van der Waals surface area contributed by atoms with Crippen molar-refractivity contribution in [2.45, 2.75) is 72.1 Å². The van der Waals surface area contributed by atoms with E-state index in [0.717, 1.165) is 45.4 Å². The molecule has 4 rings (SSSR count). The monoisotopic (exact) mass is 420 g/mol. The first kappa shape index (κ1) is 21.4. The second kappa shape index (κ2) is 7.38. The van der Waals surface area contributed by atoms with Crippen LogP contribution >= 0.6 is 0 Å². The summed E-state index contributed by atoms with van der Waals surface area (Å²) in [4.78, 5) is 36.2. The van der Waals surface area contributed by atoms with Gasteiger partial charge in [-0.3, -0.25) is 14.4 Å². The summed E-state index contributed by atoms with van der Waals surface area (Å²) >= 11 is 0. The van der Waals surface area contributed by atoms with Gasteiger partial charge in [0, 0.05) is 19.3 Å². The highest BCUT2D eigenvalue weighted by Gasteiger charge is 2.60. The number of esters is 1. The number of fused-ring (bicyclic) bond motifs is 5. The highest BCUT2D eigenvalue weighted by molar-refractivity contribution is 5.98. The van der Waals surface area contributed by atoms with E-state index in [1.165, 1.54) is 5.57 Å². The predicted molar refractivity (Wildman–Crippen MR) is 106 cm³/mol. The van der Waals surface area contributed by atoms with E-state index in [0.29, 0.717) is 30.6 Å². The Hall–Kier alpha value is -1.85. The fraction of sp³-hybridized carbons (Fsp3) is 0.708. The van der Waals surface area contributed by atoms with E-state index in [4.69, 9.17) is 0 Å². The van der Waals surface area contributed by atoms with Crippen LogP contribution in [0.25, 0.3) is 0 Å². The molecule has 4 aliphatic rings. The second-order valence-corrected chi connectivity index (χ2v) is 10.2. The van der Waals surface area contributed by atoms with Crippen LogP contribution in [0.4, 0.5) is 8.78 Å². The zero-order valence-corrected chi connectivity index (χ0v) is 17.9. The Kier molecular flexibility index (Phi) is 5.26. The Morgan fingerprint density at radius 1 is 1.03 bits per heavy atom. The van der Waals surface area contributed by atoms with E-state index in [9.17, 15) is 23.2 Å². The lowest BCUT2D eigenvalue weighted by Crippen LogP contribution is -2.51. The van der Waals surface area contributed by atoms with Gasteiger partial charge in [-0.25, -0.2) is 0 Å². The molecule has 0 aromatic heterocycles. The molecule has 0 saturated heterocycles. The maximum Gasteiger partial charge on any atom is 0.316 e. The van der Waals surface area contributed by atoms with Gasteiger partial charge in [-0.2, -0.15) is 8.78 Å². The molecule has 0 aromatic carbocycles. The van der Waals surface area contributed by atoms with Crippen molar-refractivity contribution in [1.82, 2.24) is 0 Å². The summed E-state index contributed by atoms with van der Waals surface area (Å²) in [6, 6.07) is 0. The molecule has 0 aliphatic heterocycles. The van der Waals surface area contributed by atoms with E-state index < -0.39 is 29.5 Å². The van der Waals surface area contributed by atoms with Crippen LogP contribution in [0.1, 0.15) is 72.1 Å². The molecule has 0 bridgehead atoms. The smallest absolute Gasteiger partial charge is 0.316 e. The van der Waals surface area contributed by atoms with Crippen molar-refractivity contribution in [2.24, 2.45) is 34.5 Å². The van der Waals surface area contributed by atoms with Crippen molar-refractivity contribution in [3.05, 3.63) is 23.5 Å². The number of ketones is 2. The van der Waals surface area contributed by atoms with E-state index >= 15 is 0 Å². The van der Waals surface area contributed by atoms with Crippen LogP contribution in [0.2, 0.25) is 0 Å². The summed E-state index contributed by atoms with van der Waals surface area (Å²) in [6.45, 7) is 5.40. The minimum atomic E-state index is -2.22. The molecule has 6 heteroatoms. The number of hydrogen-bond acceptors (Lipinski definition) is 4. The zero-order chi connectivity index (χ0) is 21.8. The first-order valence-electron chi connectivity index (χ1n) is 11.1. The minimum absolute atomic E-state index is 0.0358. The van der Waals surface area contributed by atoms with Gasteiger partial charge in [0.05, 0.1) is 0 Å². The van der Waals surface area contributed by atoms with Crippen molar-refractivity contribution in [3.63, 3.8) is 0 Å². The molecule has 0 N–H and O–H groups in total. The van der Waals surface area contributed by atoms with E-state index in [-0.39, 0.29) is 16.6 Å². The molecule has 3 saturated carbocycles. The molecule has 4 nitrogen and oxygen atoms in total. The van der Waals surface area contributed by atoms with Gasteiger partial charge in [0.2, 0.25) is 11.5 Å². The number of Topliss-reactive ketones (excluding diaryl/α,β-unsaturated/α-hetero) is 1. The quantitative estimate of drug-likeness (QED) is 0.350. The lowest BCUT2D eigenvalue weighted by Gasteiger charge is -2.58. The summed E-state index contributed by atoms with van der Waals surface area (Å²) in [5.41, 5.74) is 0.962. The topological polar surface area (TPSA) is 60.4 Å². The van der Waals surface area contributed by atoms with Crippen LogP contribution in [0.15, 0.2) is 23.5 Å². The summed E-state index contributed by atoms with van der Waals surface area (Å²) in [5.74, 6) is -1.80. The maximum atomic E-state index is 13.4. The van der Waals surface area contributed by atoms with E-state index in [2.05, 4.69) is 18.6 Å². The standard InChI is InChI=1S/C24H30F2O4/c1-13(27)30-21(22(25)26)20(29)19-7-6-17-16-5-4-14-12-15(28)8-10-23(14,2)18(16)9-11-24(17,19)3/h12,16-19H,4-11H2,1-3H3/t16-,17-,18-,19+,23-,24-/m0/s1. The lowest BCUT2D eigenvalue weighted by molar-refractivity contribution is -0.143. The Morgan fingerprint density at radius 3 is 2.43 bits per heavy atom. The molecule has 4 aliphatic carbocycles. The molecule has 164 valence electrons. The molecule has 0 aromatic rings. The van der Waals surface area contributed by atoms with Gasteiger partial charge in [0.1, 0.15) is 0 Å². The van der Waals surface area contributed by atoms with E-state index in [1.807, 2.05) is 6.08 Å². The number of halogens is 2. The number of hydrogen-bond donors (Lipinski definition) is 0. The zero-order valence-electron chi connectivity index (χ0n) is 17.9. The molecule has 0 amide bonds. The summed E-state index contributed by atoms with van der Waals surface area (Å²) in [6.07, 6.45) is 6.16. The largest absolute Gasteiger partial charge is 0.417 e. The highest BCUT2D eigenvalue weighted by atomic mass is 19.3. The van der Waals surface area contributed by atoms with Gasteiger partial charge in [0.15, 0.2) is 5.78 Å². The van der Waals surface area contributed by atoms with Crippen LogP contribution < -0.4 is 0 Å². The Morgan fingerprint density at radius 2 is 1.77 bits per heavy atom. The van der Waals surface area contributed by atoms with Gasteiger partial charge >= 0.3 is 12.0 Å². The molecule has 6 atom stereocenters. The molecule has 30 heavy (non-hydrogen) atoms. The first-order valence-corrected chi connectivity index (χ1v) is 11.1. The van der Waals surface area contributed by atoms with E-state index in [1.54, 1.807) is 0 Å². The van der Waals surface area contributed by atoms with Crippen molar-refractivity contribution in [3.8, 4) is 0 Å². The van der Waals surface area contributed by atoms with Crippen LogP contribution in [0.5, 0.6) is 0 Å². The third-order valence-corrected chi connectivity index (χ3v) is 8.92. The number of rotatable bonds is 3. The molecular formula is C24H30F2O4. The summed E-state index contributed by atoms with van der Waals surface area (Å²) in [5, 5.41) is 0. The number of carbonyl (C=O) groups is 3. The SMILES string of the molecule is CC(=O)OC(C(=O)[C@H]1CC[C@H]2[C@@H]3CCC4=CC(=O)CC[C@]4(C)[C@H]3CC[C@]12C)=C(F)F. The Bertz CT molecular complexity index is 855. The van der Waals surface area contributed by atoms with Gasteiger partial charge < -0.3 is 4.74 Å². The fourth-order valence-electron chi connectivity index (χ4n) is 7.47. The van der Waals surface area contributed by atoms with Crippen LogP contribution in [-0.2, 0) is 19.1 Å². The average molecular weight is 420 g/mol. The van der Waals surface area contributed by atoms with Crippen molar-refractivity contribution < 1.29 is 27.9 Å². The molecule has 0 spiro atoms. The number of carbonyl (C=O) groups excluding carboxylic acids is 3. The van der Waals surface area contributed by atoms with Gasteiger partial charge in [-0.05, 0) is 79.6 Å². The molecule has 0 heterocycles. The summed E-state index contributed by atoms with van der Waals surface area (Å²) in [7, 11) is 0. The molecular weight excluding hydrogens is 390 g/mol. The lowest BCUT2D eigenvalue weighted by atomic mass is 9.46. The number of ether oxygens (including phenoxy) is 1. The van der Waals surface area contributed by atoms with Crippen LogP contribution in [-0.4, -0.2) is 17.5 Å². The second-order valence-electron chi connectivity index (χ2n) is 10.2. The Balaban J connectivity index is 1.61. The first-order chi connectivity index (χ1) is 14.1. The maximum absolute atomic E-state index is 13.4. The normalized spacial score (nSPS) is 39.9. The Labute approximate surface area is 176 Å². The molecule has 0 unspecified atom stereocenters.